The number of fused-ring (bicyclic) bond motifs is 2. The van der Waals surface area contributed by atoms with Gasteiger partial charge in [0, 0.05) is 5.92 Å². The van der Waals surface area contributed by atoms with Crippen LogP contribution in [0.15, 0.2) is 47.4 Å². The minimum absolute atomic E-state index is 0.411. The lowest BCUT2D eigenvalue weighted by Crippen LogP contribution is -2.36. The van der Waals surface area contributed by atoms with Gasteiger partial charge in [-0.1, -0.05) is 93.7 Å². The Morgan fingerprint density at radius 2 is 1.75 bits per heavy atom. The molecule has 3 heteroatoms. The zero-order valence-corrected chi connectivity index (χ0v) is 14.7. The summed E-state index contributed by atoms with van der Waals surface area (Å²) in [6, 6.07) is 11.1. The third kappa shape index (κ3) is 3.18. The Balaban J connectivity index is 1.61. The maximum atomic E-state index is 5.28. The highest BCUT2D eigenvalue weighted by molar-refractivity contribution is 6.62. The Hall–Kier alpha value is -1.51. The molecule has 2 fully saturated rings. The van der Waals surface area contributed by atoms with Crippen molar-refractivity contribution in [3.63, 3.8) is 0 Å². The lowest BCUT2D eigenvalue weighted by Gasteiger charge is -2.42. The van der Waals surface area contributed by atoms with Crippen LogP contribution in [0.4, 0.5) is 0 Å². The maximum absolute atomic E-state index is 5.28. The van der Waals surface area contributed by atoms with Crippen LogP contribution in [0.2, 0.25) is 18.0 Å². The van der Waals surface area contributed by atoms with Gasteiger partial charge in [0.1, 0.15) is 13.0 Å². The van der Waals surface area contributed by atoms with Crippen molar-refractivity contribution in [3.8, 4) is 0 Å². The molecular formula is C21H28BNO. The molecule has 2 bridgehead atoms. The average molecular weight is 321 g/mol. The van der Waals surface area contributed by atoms with Gasteiger partial charge in [-0.2, -0.15) is 0 Å². The van der Waals surface area contributed by atoms with E-state index in [1.54, 1.807) is 6.39 Å². The van der Waals surface area contributed by atoms with Crippen LogP contribution in [0.25, 0.3) is 0 Å². The molecule has 0 spiro atoms. The van der Waals surface area contributed by atoms with Crippen molar-refractivity contribution in [3.05, 3.63) is 54.2 Å². The van der Waals surface area contributed by atoms with Crippen molar-refractivity contribution in [1.29, 1.82) is 0 Å². The van der Waals surface area contributed by atoms with E-state index in [4.69, 9.17) is 4.42 Å². The third-order valence-electron chi connectivity index (χ3n) is 6.79. The molecule has 0 aliphatic carbocycles. The van der Waals surface area contributed by atoms with Crippen LogP contribution >= 0.6 is 0 Å². The summed E-state index contributed by atoms with van der Waals surface area (Å²) in [7, 11) is 0. The highest BCUT2D eigenvalue weighted by Gasteiger charge is 2.41. The van der Waals surface area contributed by atoms with Crippen LogP contribution in [-0.2, 0) is 0 Å². The Kier molecular flexibility index (Phi) is 4.77. The third-order valence-corrected chi connectivity index (χ3v) is 6.79. The van der Waals surface area contributed by atoms with Gasteiger partial charge in [-0.15, -0.1) is 0 Å². The van der Waals surface area contributed by atoms with Crippen LogP contribution in [-0.4, -0.2) is 11.7 Å². The molecular weight excluding hydrogens is 293 g/mol. The minimum atomic E-state index is 0.411. The van der Waals surface area contributed by atoms with E-state index in [2.05, 4.69) is 42.2 Å². The summed E-state index contributed by atoms with van der Waals surface area (Å²) in [5.74, 6) is 2.89. The van der Waals surface area contributed by atoms with Crippen molar-refractivity contribution in [2.75, 3.05) is 0 Å². The first-order valence-corrected chi connectivity index (χ1v) is 9.76. The van der Waals surface area contributed by atoms with E-state index in [9.17, 15) is 0 Å². The molecule has 0 N–H and O–H groups in total. The molecule has 2 nitrogen and oxygen atoms in total. The number of benzene rings is 1. The van der Waals surface area contributed by atoms with E-state index in [1.807, 2.05) is 6.26 Å². The Morgan fingerprint density at radius 1 is 1.08 bits per heavy atom. The van der Waals surface area contributed by atoms with Crippen LogP contribution < -0.4 is 0 Å². The maximum Gasteiger partial charge on any atom is 0.180 e. The smallest absolute Gasteiger partial charge is 0.180 e. The molecule has 0 saturated carbocycles. The number of oxazole rings is 1. The quantitative estimate of drug-likeness (QED) is 0.616. The molecule has 2 aliphatic heterocycles. The molecule has 2 aliphatic rings. The number of rotatable bonds is 5. The van der Waals surface area contributed by atoms with Gasteiger partial charge in [0.05, 0.1) is 5.69 Å². The zero-order valence-electron chi connectivity index (χ0n) is 14.7. The van der Waals surface area contributed by atoms with Gasteiger partial charge in [0.15, 0.2) is 6.39 Å². The first kappa shape index (κ1) is 16.0. The van der Waals surface area contributed by atoms with Crippen molar-refractivity contribution in [2.45, 2.75) is 75.2 Å². The second kappa shape index (κ2) is 7.17. The SMILES string of the molecule is CC(c1cocn1)C(CB1C2CCCC1CCC2)c1ccccc1. The number of aromatic nitrogens is 1. The summed E-state index contributed by atoms with van der Waals surface area (Å²) in [5.41, 5.74) is 2.57. The summed E-state index contributed by atoms with van der Waals surface area (Å²) in [6.07, 6.45) is 13.5. The van der Waals surface area contributed by atoms with Crippen LogP contribution in [0.3, 0.4) is 0 Å². The summed E-state index contributed by atoms with van der Waals surface area (Å²) in [4.78, 5) is 4.46. The molecule has 3 heterocycles. The highest BCUT2D eigenvalue weighted by atomic mass is 16.3. The lowest BCUT2D eigenvalue weighted by molar-refractivity contribution is 0.435. The molecule has 2 saturated heterocycles. The van der Waals surface area contributed by atoms with Gasteiger partial charge >= 0.3 is 0 Å². The van der Waals surface area contributed by atoms with E-state index in [0.717, 1.165) is 24.0 Å². The van der Waals surface area contributed by atoms with Crippen LogP contribution in [0.5, 0.6) is 0 Å². The first-order chi connectivity index (χ1) is 11.8. The van der Waals surface area contributed by atoms with Gasteiger partial charge in [-0.25, -0.2) is 4.98 Å². The summed E-state index contributed by atoms with van der Waals surface area (Å²) >= 11 is 0. The van der Waals surface area contributed by atoms with E-state index in [1.165, 1.54) is 50.4 Å². The zero-order chi connectivity index (χ0) is 16.4. The normalized spacial score (nSPS) is 26.1. The van der Waals surface area contributed by atoms with Crippen molar-refractivity contribution >= 4 is 6.71 Å². The fraction of sp³-hybridized carbons (Fsp3) is 0.571. The second-order valence-corrected chi connectivity index (χ2v) is 8.00. The van der Waals surface area contributed by atoms with Crippen LogP contribution in [0.1, 0.15) is 68.5 Å². The fourth-order valence-corrected chi connectivity index (χ4v) is 5.47. The van der Waals surface area contributed by atoms with E-state index in [0.29, 0.717) is 11.8 Å². The molecule has 0 amide bonds. The van der Waals surface area contributed by atoms with Gasteiger partial charge in [0.25, 0.3) is 0 Å². The van der Waals surface area contributed by atoms with Crippen LogP contribution in [0, 0.1) is 0 Å². The average Bonchev–Trinajstić information content (AvgIpc) is 3.14. The van der Waals surface area contributed by atoms with E-state index < -0.39 is 0 Å². The van der Waals surface area contributed by atoms with E-state index >= 15 is 0 Å². The first-order valence-electron chi connectivity index (χ1n) is 9.76. The fourth-order valence-electron chi connectivity index (χ4n) is 5.47. The Bertz CT molecular complexity index is 605. The standard InChI is InChI=1S/C21H28BNO/c1-16(21-14-24-15-23-21)20(17-7-3-2-4-8-17)13-22-18-9-5-10-19(22)12-6-11-18/h2-4,7-8,14-16,18-20H,5-6,9-13H2,1H3. The minimum Gasteiger partial charge on any atom is -0.451 e. The predicted molar refractivity (Wildman–Crippen MR) is 99.9 cm³/mol. The van der Waals surface area contributed by atoms with Gasteiger partial charge in [0.2, 0.25) is 0 Å². The molecule has 2 aromatic rings. The Morgan fingerprint density at radius 3 is 2.33 bits per heavy atom. The monoisotopic (exact) mass is 321 g/mol. The molecule has 4 rings (SSSR count). The Labute approximate surface area is 146 Å². The largest absolute Gasteiger partial charge is 0.451 e. The number of nitrogens with zero attached hydrogens (tertiary/aromatic N) is 1. The lowest BCUT2D eigenvalue weighted by atomic mass is 9.24. The number of hydrogen-bond donors (Lipinski definition) is 0. The second-order valence-electron chi connectivity index (χ2n) is 8.00. The van der Waals surface area contributed by atoms with E-state index in [-0.39, 0.29) is 0 Å². The summed E-state index contributed by atoms with van der Waals surface area (Å²) < 4.78 is 5.28. The molecule has 2 atom stereocenters. The molecule has 0 radical (unpaired) electrons. The highest BCUT2D eigenvalue weighted by Crippen LogP contribution is 2.51. The van der Waals surface area contributed by atoms with Gasteiger partial charge < -0.3 is 4.42 Å². The van der Waals surface area contributed by atoms with Gasteiger partial charge in [-0.05, 0) is 11.5 Å². The molecule has 1 aromatic carbocycles. The van der Waals surface area contributed by atoms with Crippen molar-refractivity contribution in [1.82, 2.24) is 4.98 Å². The summed E-state index contributed by atoms with van der Waals surface area (Å²) in [5, 5.41) is 0. The predicted octanol–water partition coefficient (Wildman–Crippen LogP) is 6.16. The van der Waals surface area contributed by atoms with Crippen molar-refractivity contribution in [2.24, 2.45) is 0 Å². The molecule has 24 heavy (non-hydrogen) atoms. The molecule has 126 valence electrons. The molecule has 2 unspecified atom stereocenters. The number of hydrogen-bond acceptors (Lipinski definition) is 2. The van der Waals surface area contributed by atoms with Crippen molar-refractivity contribution < 1.29 is 4.42 Å². The topological polar surface area (TPSA) is 26.0 Å². The molecule has 1 aromatic heterocycles. The summed E-state index contributed by atoms with van der Waals surface area (Å²) in [6.45, 7) is 3.24. The van der Waals surface area contributed by atoms with Gasteiger partial charge in [-0.3, -0.25) is 0 Å².